The molecule has 0 rings (SSSR count). The van der Waals surface area contributed by atoms with Crippen LogP contribution in [0.3, 0.4) is 0 Å². The van der Waals surface area contributed by atoms with E-state index in [2.05, 4.69) is 40.6 Å². The van der Waals surface area contributed by atoms with Gasteiger partial charge in [-0.05, 0) is 0 Å². The summed E-state index contributed by atoms with van der Waals surface area (Å²) >= 11 is 6.30. The zero-order valence-electron chi connectivity index (χ0n) is 1.91. The third-order valence-corrected chi connectivity index (χ3v) is 0. The van der Waals surface area contributed by atoms with Gasteiger partial charge in [0, 0.05) is 0 Å². The first-order valence-corrected chi connectivity index (χ1v) is 3.27. The highest BCUT2D eigenvalue weighted by molar-refractivity contribution is 9.52. The molecule has 0 radical (unpaired) electrons. The molecule has 0 nitrogen and oxygen atoms in total. The van der Waals surface area contributed by atoms with E-state index in [1.165, 1.54) is 0 Å². The molecule has 0 aliphatic carbocycles. The lowest BCUT2D eigenvalue weighted by molar-refractivity contribution is 4.80. The number of hydrogen-bond acceptors (Lipinski definition) is 0. The van der Waals surface area contributed by atoms with Crippen LogP contribution in [-0.2, 0) is 0 Å². The molecule has 0 amide bonds. The van der Waals surface area contributed by atoms with Gasteiger partial charge in [-0.15, -0.1) is 40.6 Å². The second-order valence-corrected chi connectivity index (χ2v) is 6.15. The van der Waals surface area contributed by atoms with Crippen LogP contribution in [0.4, 0.5) is 0 Å². The zero-order valence-corrected chi connectivity index (χ0v) is 6.24. The Morgan fingerprint density at radius 2 is 1.50 bits per heavy atom. The number of halogens is 2. The van der Waals surface area contributed by atoms with E-state index in [0.717, 1.165) is 0 Å². The molecule has 0 saturated heterocycles. The van der Waals surface area contributed by atoms with E-state index in [0.29, 0.717) is 4.08 Å². The Morgan fingerprint density at radius 3 is 1.50 bits per heavy atom. The highest BCUT2D eigenvalue weighted by Crippen LogP contribution is 2.07. The van der Waals surface area contributed by atoms with Crippen molar-refractivity contribution < 1.29 is 0 Å². The SMILES string of the molecule is PB(Br)Br. The molecule has 24 valence electrons. The van der Waals surface area contributed by atoms with Crippen LogP contribution < -0.4 is 0 Å². The number of hydrogen-bond donors (Lipinski definition) is 0. The highest BCUT2D eigenvalue weighted by Gasteiger charge is 1.84. The van der Waals surface area contributed by atoms with Gasteiger partial charge in [-0.25, -0.2) is 0 Å². The van der Waals surface area contributed by atoms with E-state index in [1.54, 1.807) is 0 Å². The minimum atomic E-state index is 0.375. The fraction of sp³-hybridized carbons (Fsp3) is 0. The van der Waals surface area contributed by atoms with Gasteiger partial charge in [0.1, 0.15) is 0 Å². The van der Waals surface area contributed by atoms with Gasteiger partial charge in [-0.2, -0.15) is 0 Å². The minimum Gasteiger partial charge on any atom is -0.146 e. The Kier molecular flexibility index (Phi) is 3.65. The second kappa shape index (κ2) is 2.68. The smallest absolute Gasteiger partial charge is 0.146 e. The summed E-state index contributed by atoms with van der Waals surface area (Å²) in [6, 6.07) is 0. The van der Waals surface area contributed by atoms with Gasteiger partial charge < -0.3 is 0 Å². The molecule has 0 fully saturated rings. The number of rotatable bonds is 0. The van der Waals surface area contributed by atoms with Crippen LogP contribution in [0.1, 0.15) is 0 Å². The molecule has 0 aliphatic heterocycles. The predicted octanol–water partition coefficient (Wildman–Crippen LogP) is 1.64. The average Bonchev–Trinajstić information content (AvgIpc) is 0.811. The molecule has 0 saturated carbocycles. The van der Waals surface area contributed by atoms with E-state index < -0.39 is 0 Å². The molecule has 0 heterocycles. The van der Waals surface area contributed by atoms with Gasteiger partial charge >= 0.3 is 4.08 Å². The first-order valence-electron chi connectivity index (χ1n) is 0.770. The lowest BCUT2D eigenvalue weighted by Crippen LogP contribution is -1.60. The lowest BCUT2D eigenvalue weighted by Gasteiger charge is -1.66. The fourth-order valence-corrected chi connectivity index (χ4v) is 0. The fourth-order valence-electron chi connectivity index (χ4n) is 0. The molecule has 0 aliphatic rings. The van der Waals surface area contributed by atoms with Crippen molar-refractivity contribution in [3.63, 3.8) is 0 Å². The summed E-state index contributed by atoms with van der Waals surface area (Å²) in [6.45, 7) is 0. The quantitative estimate of drug-likeness (QED) is 0.415. The molecular weight excluding hydrogens is 202 g/mol. The zero-order chi connectivity index (χ0) is 3.58. The van der Waals surface area contributed by atoms with Gasteiger partial charge in [0.2, 0.25) is 0 Å². The maximum atomic E-state index is 3.15. The minimum absolute atomic E-state index is 0.375. The van der Waals surface area contributed by atoms with Crippen molar-refractivity contribution in [3.8, 4) is 0 Å². The highest BCUT2D eigenvalue weighted by atomic mass is 79.9. The van der Waals surface area contributed by atoms with Crippen molar-refractivity contribution in [2.45, 2.75) is 0 Å². The summed E-state index contributed by atoms with van der Waals surface area (Å²) in [4.78, 5) is 0. The molecule has 0 aromatic carbocycles. The molecule has 0 bridgehead atoms. The van der Waals surface area contributed by atoms with Crippen molar-refractivity contribution >= 4 is 44.7 Å². The van der Waals surface area contributed by atoms with Crippen LogP contribution in [0.5, 0.6) is 0 Å². The van der Waals surface area contributed by atoms with E-state index in [4.69, 9.17) is 0 Å². The van der Waals surface area contributed by atoms with E-state index >= 15 is 0 Å². The summed E-state index contributed by atoms with van der Waals surface area (Å²) in [6.07, 6.45) is 0. The second-order valence-electron chi connectivity index (χ2n) is 0.334. The van der Waals surface area contributed by atoms with Crippen LogP contribution in [0.2, 0.25) is 0 Å². The monoisotopic (exact) mass is 202 g/mol. The van der Waals surface area contributed by atoms with E-state index in [9.17, 15) is 0 Å². The molecule has 0 spiro atoms. The molecule has 0 aromatic heterocycles. The van der Waals surface area contributed by atoms with Gasteiger partial charge in [0.05, 0.1) is 0 Å². The van der Waals surface area contributed by atoms with Crippen molar-refractivity contribution in [1.29, 1.82) is 0 Å². The largest absolute Gasteiger partial charge is 0.318 e. The Morgan fingerprint density at radius 1 is 1.50 bits per heavy atom. The van der Waals surface area contributed by atoms with Crippen molar-refractivity contribution in [1.82, 2.24) is 0 Å². The van der Waals surface area contributed by atoms with Gasteiger partial charge in [-0.1, -0.05) is 0 Å². The van der Waals surface area contributed by atoms with Gasteiger partial charge in [-0.3, -0.25) is 0 Å². The summed E-state index contributed by atoms with van der Waals surface area (Å²) in [5.41, 5.74) is 0. The Labute approximate surface area is 44.9 Å². The standard InChI is InChI=1S/BBr2H2P/c2-1(3)4/h4H2. The normalized spacial score (nSPS) is 6.75. The molecule has 0 N–H and O–H groups in total. The van der Waals surface area contributed by atoms with Crippen LogP contribution in [0, 0.1) is 0 Å². The molecule has 4 heteroatoms. The van der Waals surface area contributed by atoms with Crippen molar-refractivity contribution in [2.75, 3.05) is 0 Å². The van der Waals surface area contributed by atoms with Gasteiger partial charge in [0.25, 0.3) is 0 Å². The van der Waals surface area contributed by atoms with Crippen LogP contribution in [0.15, 0.2) is 0 Å². The lowest BCUT2D eigenvalue weighted by atomic mass is 10.7. The van der Waals surface area contributed by atoms with E-state index in [-0.39, 0.29) is 0 Å². The maximum Gasteiger partial charge on any atom is 0.318 e. The van der Waals surface area contributed by atoms with Crippen molar-refractivity contribution in [2.24, 2.45) is 0 Å². The maximum absolute atomic E-state index is 3.15. The van der Waals surface area contributed by atoms with Gasteiger partial charge in [0.15, 0.2) is 0 Å². The third-order valence-electron chi connectivity index (χ3n) is 0. The molecule has 4 heavy (non-hydrogen) atoms. The van der Waals surface area contributed by atoms with Crippen molar-refractivity contribution in [3.05, 3.63) is 0 Å². The van der Waals surface area contributed by atoms with E-state index in [1.807, 2.05) is 0 Å². The molecule has 1 unspecified atom stereocenters. The average molecular weight is 204 g/mol. The summed E-state index contributed by atoms with van der Waals surface area (Å²) in [5, 5.41) is 0. The topological polar surface area (TPSA) is 0 Å². The predicted molar refractivity (Wildman–Crippen MR) is 33.3 cm³/mol. The first-order chi connectivity index (χ1) is 1.73. The Hall–Kier alpha value is 1.45. The molecular formula is H2BBr2P. The molecule has 1 atom stereocenters. The summed E-state index contributed by atoms with van der Waals surface area (Å²) in [5.74, 6) is 0. The summed E-state index contributed by atoms with van der Waals surface area (Å²) < 4.78 is 0.375. The third kappa shape index (κ3) is 9.84. The Balaban J connectivity index is 2.32. The Bertz CT molecular complexity index is 10.8. The first kappa shape index (κ1) is 5.45. The van der Waals surface area contributed by atoms with Crippen LogP contribution in [0.25, 0.3) is 0 Å². The van der Waals surface area contributed by atoms with Crippen LogP contribution in [-0.4, -0.2) is 4.08 Å². The van der Waals surface area contributed by atoms with Crippen LogP contribution >= 0.6 is 40.6 Å². The molecule has 0 aromatic rings. The summed E-state index contributed by atoms with van der Waals surface area (Å²) in [7, 11) is 2.49.